The number of aliphatic hydroxyl groups excluding tert-OH is 2. The molecule has 1 unspecified atom stereocenters. The minimum absolute atomic E-state index is 0.0156. The van der Waals surface area contributed by atoms with E-state index in [1.165, 1.54) is 18.5 Å². The molecule has 0 aliphatic heterocycles. The predicted octanol–water partition coefficient (Wildman–Crippen LogP) is 1.81. The van der Waals surface area contributed by atoms with Crippen molar-refractivity contribution in [2.75, 3.05) is 5.73 Å². The molecule has 1 atom stereocenters. The lowest BCUT2D eigenvalue weighted by molar-refractivity contribution is 0.0445. The van der Waals surface area contributed by atoms with Crippen molar-refractivity contribution in [2.45, 2.75) is 31.1 Å². The number of aromatic amines is 1. The Kier molecular flexibility index (Phi) is 3.43. The molecular formula is C18H17FN6O2. The van der Waals surface area contributed by atoms with E-state index in [4.69, 9.17) is 5.73 Å². The number of H-pyrrole nitrogens is 1. The van der Waals surface area contributed by atoms with Gasteiger partial charge >= 0.3 is 0 Å². The van der Waals surface area contributed by atoms with Crippen molar-refractivity contribution in [3.63, 3.8) is 0 Å². The first kappa shape index (κ1) is 16.2. The Balaban J connectivity index is 1.68. The van der Waals surface area contributed by atoms with E-state index in [9.17, 15) is 14.6 Å². The number of nitrogen functional groups attached to an aromatic ring is 1. The minimum Gasteiger partial charge on any atom is -0.393 e. The molecule has 1 aliphatic carbocycles. The van der Waals surface area contributed by atoms with Crippen LogP contribution in [0.3, 0.4) is 0 Å². The van der Waals surface area contributed by atoms with Crippen LogP contribution in [0.2, 0.25) is 0 Å². The molecule has 0 bridgehead atoms. The molecule has 9 heteroatoms. The molecule has 138 valence electrons. The van der Waals surface area contributed by atoms with Gasteiger partial charge in [0.1, 0.15) is 29.8 Å². The summed E-state index contributed by atoms with van der Waals surface area (Å²) in [7, 11) is 0. The van der Waals surface area contributed by atoms with Crippen LogP contribution < -0.4 is 5.73 Å². The summed E-state index contributed by atoms with van der Waals surface area (Å²) in [6.45, 7) is 0. The van der Waals surface area contributed by atoms with Crippen molar-refractivity contribution in [3.8, 4) is 0 Å². The molecular weight excluding hydrogens is 351 g/mol. The van der Waals surface area contributed by atoms with Gasteiger partial charge in [-0.05, 0) is 31.0 Å². The van der Waals surface area contributed by atoms with Gasteiger partial charge in [0.2, 0.25) is 0 Å². The van der Waals surface area contributed by atoms with Crippen LogP contribution in [-0.4, -0.2) is 41.0 Å². The molecule has 0 spiro atoms. The zero-order valence-corrected chi connectivity index (χ0v) is 14.2. The van der Waals surface area contributed by atoms with Crippen LogP contribution in [0.25, 0.3) is 21.9 Å². The van der Waals surface area contributed by atoms with E-state index >= 15 is 0 Å². The van der Waals surface area contributed by atoms with Gasteiger partial charge in [0.15, 0.2) is 5.65 Å². The van der Waals surface area contributed by atoms with E-state index in [0.717, 1.165) is 0 Å². The molecule has 1 fully saturated rings. The van der Waals surface area contributed by atoms with Gasteiger partial charge in [-0.2, -0.15) is 5.10 Å². The number of rotatable bonds is 3. The van der Waals surface area contributed by atoms with E-state index in [1.807, 2.05) is 0 Å². The maximum absolute atomic E-state index is 13.7. The normalized spacial score (nSPS) is 20.9. The molecule has 1 saturated carbocycles. The van der Waals surface area contributed by atoms with Crippen LogP contribution in [0.15, 0.2) is 30.7 Å². The molecule has 1 aliphatic rings. The smallest absolute Gasteiger partial charge is 0.163 e. The molecule has 4 aromatic rings. The number of aromatic nitrogens is 5. The average Bonchev–Trinajstić information content (AvgIpc) is 3.20. The monoisotopic (exact) mass is 368 g/mol. The summed E-state index contributed by atoms with van der Waals surface area (Å²) in [5.74, 6) is -0.177. The van der Waals surface area contributed by atoms with Gasteiger partial charge < -0.3 is 20.9 Å². The molecule has 0 amide bonds. The number of aliphatic hydroxyl groups is 2. The topological polar surface area (TPSA) is 126 Å². The zero-order chi connectivity index (χ0) is 18.7. The summed E-state index contributed by atoms with van der Waals surface area (Å²) >= 11 is 0. The third-order valence-electron chi connectivity index (χ3n) is 5.21. The largest absolute Gasteiger partial charge is 0.393 e. The Hall–Kier alpha value is -3.04. The van der Waals surface area contributed by atoms with Crippen molar-refractivity contribution >= 4 is 27.8 Å². The number of nitrogens with one attached hydrogen (secondary N) is 1. The molecule has 0 radical (unpaired) electrons. The Morgan fingerprint density at radius 2 is 2.11 bits per heavy atom. The highest BCUT2D eigenvalue weighted by Gasteiger charge is 2.33. The van der Waals surface area contributed by atoms with Crippen LogP contribution in [-0.2, 0) is 0 Å². The second-order valence-corrected chi connectivity index (χ2v) is 6.90. The Morgan fingerprint density at radius 3 is 2.89 bits per heavy atom. The van der Waals surface area contributed by atoms with Gasteiger partial charge in [0.25, 0.3) is 0 Å². The summed E-state index contributed by atoms with van der Waals surface area (Å²) in [5.41, 5.74) is 8.08. The molecule has 8 nitrogen and oxygen atoms in total. The molecule has 5 N–H and O–H groups in total. The molecule has 5 rings (SSSR count). The average molecular weight is 368 g/mol. The van der Waals surface area contributed by atoms with Gasteiger partial charge in [-0.3, -0.25) is 0 Å². The van der Waals surface area contributed by atoms with Gasteiger partial charge in [0, 0.05) is 22.7 Å². The minimum atomic E-state index is -1.14. The lowest BCUT2D eigenvalue weighted by atomic mass is 9.90. The maximum Gasteiger partial charge on any atom is 0.163 e. The fraction of sp³-hybridized carbons (Fsp3) is 0.278. The van der Waals surface area contributed by atoms with Crippen molar-refractivity contribution in [1.82, 2.24) is 24.7 Å². The lowest BCUT2D eigenvalue weighted by Crippen LogP contribution is -2.31. The number of nitrogens with zero attached hydrogens (tertiary/aromatic N) is 4. The Labute approximate surface area is 152 Å². The van der Waals surface area contributed by atoms with Crippen LogP contribution in [0.5, 0.6) is 0 Å². The van der Waals surface area contributed by atoms with Crippen molar-refractivity contribution in [3.05, 3.63) is 47.8 Å². The predicted molar refractivity (Wildman–Crippen MR) is 96.3 cm³/mol. The van der Waals surface area contributed by atoms with Gasteiger partial charge in [-0.25, -0.2) is 19.0 Å². The summed E-state index contributed by atoms with van der Waals surface area (Å²) in [5, 5.41) is 26.3. The van der Waals surface area contributed by atoms with Crippen LogP contribution in [0, 0.1) is 5.82 Å². The van der Waals surface area contributed by atoms with Crippen molar-refractivity contribution < 1.29 is 14.6 Å². The first-order valence-electron chi connectivity index (χ1n) is 8.64. The fourth-order valence-electron chi connectivity index (χ4n) is 3.72. The molecule has 27 heavy (non-hydrogen) atoms. The molecule has 1 aromatic carbocycles. The Bertz CT molecular complexity index is 1160. The van der Waals surface area contributed by atoms with E-state index in [0.29, 0.717) is 46.0 Å². The van der Waals surface area contributed by atoms with Crippen LogP contribution >= 0.6 is 0 Å². The van der Waals surface area contributed by atoms with Gasteiger partial charge in [0.05, 0.1) is 17.5 Å². The first-order chi connectivity index (χ1) is 13.0. The summed E-state index contributed by atoms with van der Waals surface area (Å²) in [6, 6.07) is 4.32. The molecule has 0 saturated heterocycles. The SMILES string of the molecule is Nc1ncnc2c1c(C(O)c1c[nH]c3ccc(F)cc13)nn2[C@H]1C[C@H](O)C1. The van der Waals surface area contributed by atoms with E-state index in [1.54, 1.807) is 16.9 Å². The van der Waals surface area contributed by atoms with Crippen molar-refractivity contribution in [1.29, 1.82) is 0 Å². The van der Waals surface area contributed by atoms with Crippen LogP contribution in [0.1, 0.15) is 36.2 Å². The number of fused-ring (bicyclic) bond motifs is 2. The first-order valence-corrected chi connectivity index (χ1v) is 8.64. The van der Waals surface area contributed by atoms with Crippen LogP contribution in [0.4, 0.5) is 10.2 Å². The number of hydrogen-bond donors (Lipinski definition) is 4. The summed E-state index contributed by atoms with van der Waals surface area (Å²) < 4.78 is 15.4. The quantitative estimate of drug-likeness (QED) is 0.437. The van der Waals surface area contributed by atoms with E-state index in [2.05, 4.69) is 20.1 Å². The number of benzene rings is 1. The van der Waals surface area contributed by atoms with Gasteiger partial charge in [-0.15, -0.1) is 0 Å². The Morgan fingerprint density at radius 1 is 1.30 bits per heavy atom. The zero-order valence-electron chi connectivity index (χ0n) is 14.2. The molecule has 3 heterocycles. The number of anilines is 1. The van der Waals surface area contributed by atoms with Gasteiger partial charge in [-0.1, -0.05) is 0 Å². The second kappa shape index (κ2) is 5.73. The summed E-state index contributed by atoms with van der Waals surface area (Å²) in [4.78, 5) is 11.3. The standard InChI is InChI=1S/C18H17FN6O2/c19-8-1-2-13-11(3-8)12(6-21-13)16(27)15-14-17(20)22-7-23-18(14)25(24-15)9-4-10(26)5-9/h1-3,6-7,9-10,16,21,26-27H,4-5H2,(H2,20,22,23)/t9-,10-,16?. The third-order valence-corrected chi connectivity index (χ3v) is 5.21. The third kappa shape index (κ3) is 2.39. The maximum atomic E-state index is 13.7. The number of nitrogens with two attached hydrogens (primary N) is 1. The van der Waals surface area contributed by atoms with E-state index in [-0.39, 0.29) is 18.0 Å². The molecule has 3 aromatic heterocycles. The summed E-state index contributed by atoms with van der Waals surface area (Å²) in [6.07, 6.45) is 2.61. The second-order valence-electron chi connectivity index (χ2n) is 6.90. The number of halogens is 1. The highest BCUT2D eigenvalue weighted by Crippen LogP contribution is 2.38. The highest BCUT2D eigenvalue weighted by atomic mass is 19.1. The van der Waals surface area contributed by atoms with E-state index < -0.39 is 11.9 Å². The highest BCUT2D eigenvalue weighted by molar-refractivity contribution is 5.90. The lowest BCUT2D eigenvalue weighted by Gasteiger charge is -2.31. The van der Waals surface area contributed by atoms with Crippen molar-refractivity contribution in [2.24, 2.45) is 0 Å². The fourth-order valence-corrected chi connectivity index (χ4v) is 3.72. The number of hydrogen-bond acceptors (Lipinski definition) is 6.